The predicted molar refractivity (Wildman–Crippen MR) is 231 cm³/mol. The van der Waals surface area contributed by atoms with Gasteiger partial charge in [0.1, 0.15) is 5.58 Å². The van der Waals surface area contributed by atoms with Crippen LogP contribution in [-0.4, -0.2) is 4.57 Å². The summed E-state index contributed by atoms with van der Waals surface area (Å²) in [6, 6.07) is 71.4. The first kappa shape index (κ1) is 30.0. The van der Waals surface area contributed by atoms with E-state index < -0.39 is 5.41 Å². The van der Waals surface area contributed by atoms with Crippen molar-refractivity contribution in [1.82, 2.24) is 4.57 Å². The van der Waals surface area contributed by atoms with Crippen LogP contribution >= 0.6 is 0 Å². The first-order valence-corrected chi connectivity index (χ1v) is 19.4. The maximum Gasteiger partial charge on any atom is 0.159 e. The lowest BCUT2D eigenvalue weighted by molar-refractivity contribution is 0.669. The van der Waals surface area contributed by atoms with E-state index in [-0.39, 0.29) is 0 Å². The minimum absolute atomic E-state index is 0.553. The molecule has 13 rings (SSSR count). The molecular weight excluding hydrogens is 681 g/mol. The highest BCUT2D eigenvalue weighted by molar-refractivity contribution is 6.13. The fourth-order valence-corrected chi connectivity index (χ4v) is 10.3. The maximum absolute atomic E-state index is 6.76. The van der Waals surface area contributed by atoms with E-state index in [4.69, 9.17) is 4.42 Å². The molecule has 2 aromatic heterocycles. The second-order valence-corrected chi connectivity index (χ2v) is 15.2. The maximum atomic E-state index is 6.76. The molecule has 3 heteroatoms. The van der Waals surface area contributed by atoms with Crippen molar-refractivity contribution >= 4 is 71.6 Å². The van der Waals surface area contributed by atoms with E-state index in [0.29, 0.717) is 0 Å². The molecule has 11 aromatic rings. The fourth-order valence-electron chi connectivity index (χ4n) is 10.3. The Morgan fingerprint density at radius 3 is 2.04 bits per heavy atom. The quantitative estimate of drug-likeness (QED) is 0.182. The molecular formula is C53H32N2O. The van der Waals surface area contributed by atoms with Crippen LogP contribution in [0.3, 0.4) is 0 Å². The number of fused-ring (bicyclic) bond motifs is 16. The summed E-state index contributed by atoms with van der Waals surface area (Å²) >= 11 is 0. The summed E-state index contributed by atoms with van der Waals surface area (Å²) in [7, 11) is 0. The zero-order valence-electron chi connectivity index (χ0n) is 30.3. The molecule has 260 valence electrons. The number of hydrogen-bond donors (Lipinski definition) is 0. The summed E-state index contributed by atoms with van der Waals surface area (Å²) in [5.74, 6) is 0. The Morgan fingerprint density at radius 1 is 0.429 bits per heavy atom. The molecule has 3 nitrogen and oxygen atoms in total. The van der Waals surface area contributed by atoms with Gasteiger partial charge in [-0.05, 0) is 92.7 Å². The molecule has 0 bridgehead atoms. The molecule has 2 aliphatic rings. The highest BCUT2D eigenvalue weighted by Gasteiger charge is 2.51. The van der Waals surface area contributed by atoms with Crippen LogP contribution in [0.5, 0.6) is 0 Å². The van der Waals surface area contributed by atoms with Gasteiger partial charge in [0.2, 0.25) is 0 Å². The van der Waals surface area contributed by atoms with Crippen molar-refractivity contribution in [3.05, 3.63) is 216 Å². The average Bonchev–Trinajstić information content (AvgIpc) is 3.91. The normalized spacial score (nSPS) is 15.2. The van der Waals surface area contributed by atoms with E-state index in [1.165, 1.54) is 71.6 Å². The van der Waals surface area contributed by atoms with Crippen LogP contribution < -0.4 is 4.90 Å². The molecule has 1 unspecified atom stereocenters. The van der Waals surface area contributed by atoms with Gasteiger partial charge >= 0.3 is 0 Å². The molecule has 1 spiro atoms. The Labute approximate surface area is 322 Å². The van der Waals surface area contributed by atoms with Crippen molar-refractivity contribution < 1.29 is 4.42 Å². The number of nitrogens with zero attached hydrogens (tertiary/aromatic N) is 2. The minimum atomic E-state index is -0.553. The smallest absolute Gasteiger partial charge is 0.159 e. The SMILES string of the molecule is c1ccc2c(c1)-c1ccc(N(c3ccc4ccccc4c3)c3cccc4c3oc3ccccc34)cc1C21c2ccccc2-n2c3ccccc3c3cccc1c32. The predicted octanol–water partition coefficient (Wildman–Crippen LogP) is 14.0. The lowest BCUT2D eigenvalue weighted by Crippen LogP contribution is -2.33. The third kappa shape index (κ3) is 3.72. The van der Waals surface area contributed by atoms with Crippen molar-refractivity contribution in [2.24, 2.45) is 0 Å². The third-order valence-corrected chi connectivity index (χ3v) is 12.5. The Hall–Kier alpha value is -7.36. The fraction of sp³-hybridized carbons (Fsp3) is 0.0189. The number of hydrogen-bond acceptors (Lipinski definition) is 2. The van der Waals surface area contributed by atoms with E-state index in [0.717, 1.165) is 39.0 Å². The highest BCUT2D eigenvalue weighted by Crippen LogP contribution is 2.62. The third-order valence-electron chi connectivity index (χ3n) is 12.5. The summed E-state index contributed by atoms with van der Waals surface area (Å²) in [6.45, 7) is 0. The minimum Gasteiger partial charge on any atom is -0.454 e. The second-order valence-electron chi connectivity index (χ2n) is 15.2. The van der Waals surface area contributed by atoms with Crippen molar-refractivity contribution in [2.75, 3.05) is 4.90 Å². The molecule has 9 aromatic carbocycles. The second kappa shape index (κ2) is 10.9. The summed E-state index contributed by atoms with van der Waals surface area (Å²) in [6.07, 6.45) is 0. The zero-order valence-corrected chi connectivity index (χ0v) is 30.3. The summed E-state index contributed by atoms with van der Waals surface area (Å²) in [4.78, 5) is 2.40. The van der Waals surface area contributed by atoms with Gasteiger partial charge in [-0.15, -0.1) is 0 Å². The molecule has 0 N–H and O–H groups in total. The van der Waals surface area contributed by atoms with Gasteiger partial charge in [0.25, 0.3) is 0 Å². The van der Waals surface area contributed by atoms with Crippen LogP contribution in [0.25, 0.3) is 71.3 Å². The number of furan rings is 1. The van der Waals surface area contributed by atoms with Gasteiger partial charge in [-0.25, -0.2) is 0 Å². The number of rotatable bonds is 3. The molecule has 0 radical (unpaired) electrons. The van der Waals surface area contributed by atoms with E-state index in [1.54, 1.807) is 0 Å². The first-order valence-electron chi connectivity index (χ1n) is 19.4. The largest absolute Gasteiger partial charge is 0.454 e. The summed E-state index contributed by atoms with van der Waals surface area (Å²) in [5.41, 5.74) is 15.9. The molecule has 1 atom stereocenters. The molecule has 0 fully saturated rings. The highest BCUT2D eigenvalue weighted by atomic mass is 16.3. The van der Waals surface area contributed by atoms with Crippen molar-refractivity contribution in [3.63, 3.8) is 0 Å². The van der Waals surface area contributed by atoms with E-state index in [9.17, 15) is 0 Å². The molecule has 0 saturated carbocycles. The Balaban J connectivity index is 1.15. The average molecular weight is 713 g/mol. The van der Waals surface area contributed by atoms with Crippen molar-refractivity contribution in [3.8, 4) is 16.8 Å². The standard InChI is InChI=1S/C53H32N2O/c1-2-14-34-31-35(28-27-33(34)13-1)54(49-25-12-19-42-40-17-5-10-26-50(40)56-52(42)49)36-29-30-38-37-15-3-6-20-43(37)53(46(38)32-36)44-21-7-9-24-48(44)55-47-23-8-4-16-39(47)41-18-11-22-45(53)51(41)55/h1-32H. The summed E-state index contributed by atoms with van der Waals surface area (Å²) < 4.78 is 9.27. The Morgan fingerprint density at radius 2 is 1.09 bits per heavy atom. The van der Waals surface area contributed by atoms with Crippen LogP contribution in [0, 0.1) is 0 Å². The zero-order chi connectivity index (χ0) is 36.5. The van der Waals surface area contributed by atoms with Gasteiger partial charge < -0.3 is 13.9 Å². The van der Waals surface area contributed by atoms with Crippen LogP contribution in [0.1, 0.15) is 22.3 Å². The molecule has 0 saturated heterocycles. The molecule has 1 aliphatic heterocycles. The lowest BCUT2D eigenvalue weighted by atomic mass is 9.65. The number of para-hydroxylation sites is 5. The van der Waals surface area contributed by atoms with Gasteiger partial charge in [-0.2, -0.15) is 0 Å². The molecule has 3 heterocycles. The van der Waals surface area contributed by atoms with Crippen molar-refractivity contribution in [1.29, 1.82) is 0 Å². The number of aromatic nitrogens is 1. The molecule has 0 amide bonds. The Kier molecular flexibility index (Phi) is 5.83. The van der Waals surface area contributed by atoms with Crippen LogP contribution in [-0.2, 0) is 5.41 Å². The van der Waals surface area contributed by atoms with Gasteiger partial charge in [0, 0.05) is 32.9 Å². The topological polar surface area (TPSA) is 21.3 Å². The van der Waals surface area contributed by atoms with E-state index in [1.807, 2.05) is 6.07 Å². The van der Waals surface area contributed by atoms with E-state index in [2.05, 4.69) is 198 Å². The first-order chi connectivity index (χ1) is 27.8. The number of benzene rings is 9. The Bertz CT molecular complexity index is 3460. The van der Waals surface area contributed by atoms with Crippen molar-refractivity contribution in [2.45, 2.75) is 5.41 Å². The van der Waals surface area contributed by atoms with Crippen LogP contribution in [0.4, 0.5) is 17.1 Å². The summed E-state index contributed by atoms with van der Waals surface area (Å²) in [5, 5.41) is 7.19. The van der Waals surface area contributed by atoms with Crippen LogP contribution in [0.2, 0.25) is 0 Å². The van der Waals surface area contributed by atoms with Crippen LogP contribution in [0.15, 0.2) is 199 Å². The van der Waals surface area contributed by atoms with Gasteiger partial charge in [0.05, 0.1) is 27.8 Å². The molecule has 56 heavy (non-hydrogen) atoms. The lowest BCUT2D eigenvalue weighted by Gasteiger charge is -2.40. The van der Waals surface area contributed by atoms with Gasteiger partial charge in [-0.3, -0.25) is 0 Å². The van der Waals surface area contributed by atoms with E-state index >= 15 is 0 Å². The van der Waals surface area contributed by atoms with Gasteiger partial charge in [-0.1, -0.05) is 146 Å². The monoisotopic (exact) mass is 712 g/mol. The van der Waals surface area contributed by atoms with Gasteiger partial charge in [0.15, 0.2) is 5.58 Å². The molecule has 1 aliphatic carbocycles. The number of anilines is 3.